The van der Waals surface area contributed by atoms with Gasteiger partial charge < -0.3 is 5.11 Å². The maximum atomic E-state index is 10.5. The van der Waals surface area contributed by atoms with Crippen molar-refractivity contribution in [2.75, 3.05) is 0 Å². The molecule has 2 nitrogen and oxygen atoms in total. The van der Waals surface area contributed by atoms with Crippen LogP contribution in [0.4, 0.5) is 0 Å². The lowest BCUT2D eigenvalue weighted by molar-refractivity contribution is -0.136. The Balaban J connectivity index is 4.82. The Hall–Kier alpha value is -0.573. The number of carboxylic acids is 1. The number of hydrogen-bond acceptors (Lipinski definition) is 1. The lowest BCUT2D eigenvalue weighted by Crippen LogP contribution is -2.43. The molecule has 0 fully saturated rings. The van der Waals surface area contributed by atoms with Gasteiger partial charge in [-0.1, -0.05) is 70.3 Å². The topological polar surface area (TPSA) is 37.3 Å². The maximum Gasteiger partial charge on any atom is 0.307 e. The molecule has 0 saturated carbocycles. The molecule has 0 aliphatic rings. The van der Waals surface area contributed by atoms with E-state index in [4.69, 9.17) is 5.11 Å². The van der Waals surface area contributed by atoms with Crippen molar-refractivity contribution in [1.29, 1.82) is 0 Å². The molecule has 100 valence electrons. The second kappa shape index (κ2) is 6.99. The van der Waals surface area contributed by atoms with Gasteiger partial charge in [-0.05, 0) is 6.04 Å². The number of allylic oxidation sites excluding steroid dienone is 1. The van der Waals surface area contributed by atoms with Crippen molar-refractivity contribution < 1.29 is 9.90 Å². The average molecular weight is 256 g/mol. The van der Waals surface area contributed by atoms with Crippen molar-refractivity contribution in [2.45, 2.75) is 70.6 Å². The smallest absolute Gasteiger partial charge is 0.307 e. The van der Waals surface area contributed by atoms with Gasteiger partial charge in [0.15, 0.2) is 0 Å². The molecule has 3 heteroatoms. The molecule has 0 rings (SSSR count). The fraction of sp³-hybridized carbons (Fsp3) is 0.786. The van der Waals surface area contributed by atoms with Crippen molar-refractivity contribution in [3.8, 4) is 0 Å². The van der Waals surface area contributed by atoms with Gasteiger partial charge in [0.05, 0.1) is 14.5 Å². The van der Waals surface area contributed by atoms with Gasteiger partial charge in [-0.25, -0.2) is 0 Å². The van der Waals surface area contributed by atoms with Crippen LogP contribution >= 0.6 is 0 Å². The Morgan fingerprint density at radius 3 is 1.71 bits per heavy atom. The van der Waals surface area contributed by atoms with E-state index < -0.39 is 14.0 Å². The lowest BCUT2D eigenvalue weighted by atomic mass is 10.4. The first kappa shape index (κ1) is 16.4. The molecule has 0 aromatic carbocycles. The molecule has 0 saturated heterocycles. The molecule has 17 heavy (non-hydrogen) atoms. The first-order valence-electron chi connectivity index (χ1n) is 6.61. The molecule has 0 unspecified atom stereocenters. The van der Waals surface area contributed by atoms with Crippen molar-refractivity contribution in [1.82, 2.24) is 0 Å². The predicted octanol–water partition coefficient (Wildman–Crippen LogP) is 4.70. The zero-order chi connectivity index (χ0) is 13.6. The third-order valence-corrected chi connectivity index (χ3v) is 11.5. The summed E-state index contributed by atoms with van der Waals surface area (Å²) >= 11 is 0. The highest BCUT2D eigenvalue weighted by molar-refractivity contribution is 6.83. The molecule has 0 aromatic rings. The number of aliphatic carboxylic acids is 1. The molecule has 0 spiro atoms. The van der Waals surface area contributed by atoms with Crippen molar-refractivity contribution in [2.24, 2.45) is 0 Å². The molecule has 1 N–H and O–H groups in total. The summed E-state index contributed by atoms with van der Waals surface area (Å²) in [7, 11) is -1.38. The van der Waals surface area contributed by atoms with Gasteiger partial charge in [0, 0.05) is 0 Å². The summed E-state index contributed by atoms with van der Waals surface area (Å²) in [5, 5.41) is 8.63. The second-order valence-corrected chi connectivity index (χ2v) is 11.9. The molecule has 0 aliphatic heterocycles. The van der Waals surface area contributed by atoms with Crippen LogP contribution in [0.2, 0.25) is 22.7 Å². The molecule has 0 bridgehead atoms. The highest BCUT2D eigenvalue weighted by atomic mass is 28.3. The van der Waals surface area contributed by atoms with Crippen LogP contribution in [-0.2, 0) is 4.79 Å². The van der Waals surface area contributed by atoms with Crippen LogP contribution in [0.5, 0.6) is 0 Å². The maximum absolute atomic E-state index is 10.5. The largest absolute Gasteiger partial charge is 0.481 e. The number of carbonyl (C=O) groups is 1. The fourth-order valence-electron chi connectivity index (χ4n) is 3.18. The van der Waals surface area contributed by atoms with Gasteiger partial charge >= 0.3 is 5.97 Å². The van der Waals surface area contributed by atoms with Gasteiger partial charge in [-0.2, -0.15) is 0 Å². The fourth-order valence-corrected chi connectivity index (χ4v) is 9.17. The summed E-state index contributed by atoms with van der Waals surface area (Å²) in [6.07, 6.45) is 4.08. The third kappa shape index (κ3) is 4.30. The Morgan fingerprint density at radius 1 is 1.00 bits per heavy atom. The predicted molar refractivity (Wildman–Crippen MR) is 77.2 cm³/mol. The third-order valence-electron chi connectivity index (χ3n) is 4.16. The normalized spacial score (nSPS) is 13.2. The second-order valence-electron chi connectivity index (χ2n) is 5.85. The van der Waals surface area contributed by atoms with E-state index in [1.54, 1.807) is 0 Å². The summed E-state index contributed by atoms with van der Waals surface area (Å²) in [6, 6.07) is 1.10. The number of hydrogen-bond donors (Lipinski definition) is 1. The zero-order valence-electron chi connectivity index (χ0n) is 12.2. The van der Waals surface area contributed by atoms with Gasteiger partial charge in [0.25, 0.3) is 0 Å². The Labute approximate surface area is 107 Å². The summed E-state index contributed by atoms with van der Waals surface area (Å²) in [4.78, 5) is 10.5. The highest BCUT2D eigenvalue weighted by Crippen LogP contribution is 2.44. The quantitative estimate of drug-likeness (QED) is 0.529. The molecule has 0 amide bonds. The summed E-state index contributed by atoms with van der Waals surface area (Å²) in [6.45, 7) is 14.0. The Kier molecular flexibility index (Phi) is 6.76. The minimum Gasteiger partial charge on any atom is -0.481 e. The molecule has 0 aromatic heterocycles. The van der Waals surface area contributed by atoms with Crippen LogP contribution < -0.4 is 0 Å². The minimum absolute atomic E-state index is 0.152. The van der Waals surface area contributed by atoms with E-state index >= 15 is 0 Å². The molecular formula is C14H28O2Si. The average Bonchev–Trinajstić information content (AvgIpc) is 2.15. The molecular weight excluding hydrogens is 228 g/mol. The molecule has 0 atom stereocenters. The van der Waals surface area contributed by atoms with Crippen LogP contribution in [0, 0.1) is 0 Å². The van der Waals surface area contributed by atoms with Crippen LogP contribution in [0.15, 0.2) is 12.2 Å². The Bertz CT molecular complexity index is 246. The van der Waals surface area contributed by atoms with Crippen molar-refractivity contribution >= 4 is 14.0 Å². The molecule has 0 heterocycles. The standard InChI is InChI=1S/C14H28O2Si/c1-11(2)17(12(3)4,13(5)6)10-8-7-9-14(15)16/h7-8,11-13H,9-10H2,1-6H3,(H,15,16)/b8-7+. The minimum atomic E-state index is -1.38. The van der Waals surface area contributed by atoms with Crippen molar-refractivity contribution in [3.63, 3.8) is 0 Å². The van der Waals surface area contributed by atoms with E-state index in [-0.39, 0.29) is 6.42 Å². The number of carboxylic acid groups (broad SMARTS) is 1. The van der Waals surface area contributed by atoms with Gasteiger partial charge in [-0.15, -0.1) is 0 Å². The van der Waals surface area contributed by atoms with Crippen molar-refractivity contribution in [3.05, 3.63) is 12.2 Å². The molecule has 0 aliphatic carbocycles. The van der Waals surface area contributed by atoms with E-state index in [1.165, 1.54) is 0 Å². The van der Waals surface area contributed by atoms with Crippen LogP contribution in [0.25, 0.3) is 0 Å². The lowest BCUT2D eigenvalue weighted by Gasteiger charge is -2.42. The summed E-state index contributed by atoms with van der Waals surface area (Å²) in [5.74, 6) is -0.743. The van der Waals surface area contributed by atoms with Gasteiger partial charge in [0.2, 0.25) is 0 Å². The summed E-state index contributed by atoms with van der Waals surface area (Å²) in [5.41, 5.74) is 2.20. The van der Waals surface area contributed by atoms with Gasteiger partial charge in [-0.3, -0.25) is 4.79 Å². The SMILES string of the molecule is CC(C)[Si](C/C=C/CC(=O)O)(C(C)C)C(C)C. The van der Waals surface area contributed by atoms with Crippen LogP contribution in [0.1, 0.15) is 48.0 Å². The van der Waals surface area contributed by atoms with E-state index in [0.29, 0.717) is 0 Å². The summed E-state index contributed by atoms with van der Waals surface area (Å²) < 4.78 is 0. The van der Waals surface area contributed by atoms with E-state index in [0.717, 1.165) is 22.7 Å². The monoisotopic (exact) mass is 256 g/mol. The van der Waals surface area contributed by atoms with E-state index in [9.17, 15) is 4.79 Å². The molecule has 0 radical (unpaired) electrons. The van der Waals surface area contributed by atoms with E-state index in [1.807, 2.05) is 6.08 Å². The highest BCUT2D eigenvalue weighted by Gasteiger charge is 2.41. The Morgan fingerprint density at radius 2 is 1.41 bits per heavy atom. The first-order valence-corrected chi connectivity index (χ1v) is 9.05. The zero-order valence-corrected chi connectivity index (χ0v) is 13.2. The number of rotatable bonds is 7. The first-order chi connectivity index (χ1) is 7.75. The van der Waals surface area contributed by atoms with Crippen LogP contribution in [-0.4, -0.2) is 19.1 Å². The van der Waals surface area contributed by atoms with Gasteiger partial charge in [0.1, 0.15) is 0 Å². The van der Waals surface area contributed by atoms with Crippen LogP contribution in [0.3, 0.4) is 0 Å². The van der Waals surface area contributed by atoms with E-state index in [2.05, 4.69) is 47.6 Å².